The van der Waals surface area contributed by atoms with Crippen molar-refractivity contribution >= 4 is 34.4 Å². The summed E-state index contributed by atoms with van der Waals surface area (Å²) in [5.74, 6) is 1.93. The Labute approximate surface area is 164 Å². The van der Waals surface area contributed by atoms with Crippen LogP contribution in [0, 0.1) is 4.77 Å². The van der Waals surface area contributed by atoms with Crippen molar-refractivity contribution in [1.29, 1.82) is 0 Å². The maximum atomic E-state index is 5.64. The van der Waals surface area contributed by atoms with Gasteiger partial charge in [0.2, 0.25) is 4.77 Å². The SMILES string of the molecule is CCOc1cc(/C=N\n2c(-c3ccccc3)n[nH]c2=S)cc(Br)c1OC. The number of nitrogens with one attached hydrogen (secondary N) is 1. The van der Waals surface area contributed by atoms with Gasteiger partial charge in [0.15, 0.2) is 17.3 Å². The van der Waals surface area contributed by atoms with E-state index in [0.29, 0.717) is 28.7 Å². The molecule has 2 aromatic carbocycles. The third-order valence-corrected chi connectivity index (χ3v) is 4.39. The lowest BCUT2D eigenvalue weighted by molar-refractivity contribution is 0.310. The Hall–Kier alpha value is -2.45. The fraction of sp³-hybridized carbons (Fsp3) is 0.167. The molecule has 0 aliphatic rings. The van der Waals surface area contributed by atoms with Gasteiger partial charge in [0.1, 0.15) is 0 Å². The molecule has 0 amide bonds. The smallest absolute Gasteiger partial charge is 0.216 e. The summed E-state index contributed by atoms with van der Waals surface area (Å²) >= 11 is 8.80. The summed E-state index contributed by atoms with van der Waals surface area (Å²) < 4.78 is 13.8. The van der Waals surface area contributed by atoms with Crippen LogP contribution in [0.5, 0.6) is 11.5 Å². The summed E-state index contributed by atoms with van der Waals surface area (Å²) in [4.78, 5) is 0. The van der Waals surface area contributed by atoms with Crippen LogP contribution in [0.3, 0.4) is 0 Å². The molecule has 0 fully saturated rings. The lowest BCUT2D eigenvalue weighted by Gasteiger charge is -2.11. The molecule has 26 heavy (non-hydrogen) atoms. The van der Waals surface area contributed by atoms with Gasteiger partial charge in [-0.3, -0.25) is 0 Å². The second-order valence-electron chi connectivity index (χ2n) is 5.24. The van der Waals surface area contributed by atoms with Gasteiger partial charge in [-0.25, -0.2) is 5.10 Å². The lowest BCUT2D eigenvalue weighted by Crippen LogP contribution is -1.99. The second-order valence-corrected chi connectivity index (χ2v) is 6.48. The molecular formula is C18H17BrN4O2S. The van der Waals surface area contributed by atoms with Gasteiger partial charge in [-0.15, -0.1) is 0 Å². The van der Waals surface area contributed by atoms with Crippen LogP contribution in [0.4, 0.5) is 0 Å². The zero-order valence-corrected chi connectivity index (χ0v) is 16.7. The van der Waals surface area contributed by atoms with E-state index >= 15 is 0 Å². The number of halogens is 1. The topological polar surface area (TPSA) is 64.4 Å². The van der Waals surface area contributed by atoms with Crippen molar-refractivity contribution in [1.82, 2.24) is 14.9 Å². The molecule has 0 bridgehead atoms. The van der Waals surface area contributed by atoms with E-state index in [0.717, 1.165) is 15.6 Å². The normalized spacial score (nSPS) is 11.0. The molecule has 0 unspecified atom stereocenters. The molecule has 6 nitrogen and oxygen atoms in total. The van der Waals surface area contributed by atoms with Crippen molar-refractivity contribution in [3.05, 3.63) is 57.3 Å². The third kappa shape index (κ3) is 3.86. The highest BCUT2D eigenvalue weighted by Gasteiger charge is 2.11. The maximum Gasteiger partial charge on any atom is 0.216 e. The highest BCUT2D eigenvalue weighted by molar-refractivity contribution is 9.10. The average Bonchev–Trinajstić information content (AvgIpc) is 3.01. The van der Waals surface area contributed by atoms with E-state index in [2.05, 4.69) is 31.2 Å². The fourth-order valence-electron chi connectivity index (χ4n) is 2.42. The average molecular weight is 433 g/mol. The van der Waals surface area contributed by atoms with Gasteiger partial charge in [-0.1, -0.05) is 30.3 Å². The first kappa shape index (κ1) is 18.3. The highest BCUT2D eigenvalue weighted by Crippen LogP contribution is 2.36. The largest absolute Gasteiger partial charge is 0.492 e. The molecular weight excluding hydrogens is 416 g/mol. The predicted molar refractivity (Wildman–Crippen MR) is 108 cm³/mol. The van der Waals surface area contributed by atoms with Crippen molar-refractivity contribution < 1.29 is 9.47 Å². The number of benzene rings is 2. The molecule has 0 spiro atoms. The summed E-state index contributed by atoms with van der Waals surface area (Å²) in [5.41, 5.74) is 1.76. The second kappa shape index (κ2) is 8.29. The number of aromatic amines is 1. The Bertz CT molecular complexity index is 983. The number of aromatic nitrogens is 3. The van der Waals surface area contributed by atoms with Gasteiger partial charge in [0.05, 0.1) is 24.4 Å². The van der Waals surface area contributed by atoms with Crippen LogP contribution in [0.1, 0.15) is 12.5 Å². The number of nitrogens with zero attached hydrogens (tertiary/aromatic N) is 3. The first-order valence-electron chi connectivity index (χ1n) is 7.91. The lowest BCUT2D eigenvalue weighted by atomic mass is 10.2. The standard InChI is InChI=1S/C18H17BrN4O2S/c1-3-25-15-10-12(9-14(19)16(15)24-2)11-20-23-17(21-22-18(23)26)13-7-5-4-6-8-13/h4-11H,3H2,1-2H3,(H,22,26)/b20-11-. The molecule has 0 aliphatic heterocycles. The zero-order valence-electron chi connectivity index (χ0n) is 14.3. The van der Waals surface area contributed by atoms with E-state index < -0.39 is 0 Å². The molecule has 0 atom stereocenters. The Balaban J connectivity index is 1.99. The third-order valence-electron chi connectivity index (χ3n) is 3.54. The van der Waals surface area contributed by atoms with E-state index in [9.17, 15) is 0 Å². The van der Waals surface area contributed by atoms with E-state index in [1.165, 1.54) is 0 Å². The molecule has 0 saturated heterocycles. The first-order chi connectivity index (χ1) is 12.6. The summed E-state index contributed by atoms with van der Waals surface area (Å²) in [6.45, 7) is 2.46. The minimum atomic E-state index is 0.415. The number of H-pyrrole nitrogens is 1. The predicted octanol–water partition coefficient (Wildman–Crippen LogP) is 4.66. The molecule has 0 saturated carbocycles. The van der Waals surface area contributed by atoms with Gasteiger partial charge in [-0.05, 0) is 52.8 Å². The summed E-state index contributed by atoms with van der Waals surface area (Å²) in [7, 11) is 1.60. The molecule has 134 valence electrons. The fourth-order valence-corrected chi connectivity index (χ4v) is 3.22. The molecule has 3 rings (SSSR count). The van der Waals surface area contributed by atoms with Gasteiger partial charge >= 0.3 is 0 Å². The van der Waals surface area contributed by atoms with Gasteiger partial charge in [-0.2, -0.15) is 14.9 Å². The number of rotatable bonds is 6. The van der Waals surface area contributed by atoms with Crippen LogP contribution in [-0.2, 0) is 0 Å². The van der Waals surface area contributed by atoms with E-state index in [1.807, 2.05) is 49.4 Å². The molecule has 0 radical (unpaired) electrons. The Morgan fingerprint density at radius 3 is 2.77 bits per heavy atom. The molecule has 1 N–H and O–H groups in total. The number of hydrogen-bond donors (Lipinski definition) is 1. The van der Waals surface area contributed by atoms with Crippen LogP contribution in [0.15, 0.2) is 52.0 Å². The molecule has 8 heteroatoms. The molecule has 1 aromatic heterocycles. The zero-order chi connectivity index (χ0) is 18.5. The molecule has 1 heterocycles. The van der Waals surface area contributed by atoms with E-state index in [1.54, 1.807) is 18.0 Å². The number of hydrogen-bond acceptors (Lipinski definition) is 5. The Morgan fingerprint density at radius 1 is 1.31 bits per heavy atom. The summed E-state index contributed by atoms with van der Waals surface area (Å²) in [6, 6.07) is 13.5. The quantitative estimate of drug-likeness (QED) is 0.454. The Kier molecular flexibility index (Phi) is 5.85. The van der Waals surface area contributed by atoms with Crippen molar-refractivity contribution in [2.45, 2.75) is 6.92 Å². The minimum absolute atomic E-state index is 0.415. The van der Waals surface area contributed by atoms with Gasteiger partial charge < -0.3 is 9.47 Å². The van der Waals surface area contributed by atoms with E-state index in [4.69, 9.17) is 21.7 Å². The summed E-state index contributed by atoms with van der Waals surface area (Å²) in [5, 5.41) is 11.5. The van der Waals surface area contributed by atoms with Crippen LogP contribution >= 0.6 is 28.1 Å². The Morgan fingerprint density at radius 2 is 2.08 bits per heavy atom. The first-order valence-corrected chi connectivity index (χ1v) is 9.11. The maximum absolute atomic E-state index is 5.64. The van der Waals surface area contributed by atoms with Gasteiger partial charge in [0, 0.05) is 5.56 Å². The van der Waals surface area contributed by atoms with Crippen LogP contribution in [-0.4, -0.2) is 34.8 Å². The minimum Gasteiger partial charge on any atom is -0.492 e. The van der Waals surface area contributed by atoms with Crippen LogP contribution < -0.4 is 9.47 Å². The van der Waals surface area contributed by atoms with Crippen molar-refractivity contribution in [2.75, 3.05) is 13.7 Å². The van der Waals surface area contributed by atoms with Crippen molar-refractivity contribution in [2.24, 2.45) is 5.10 Å². The monoisotopic (exact) mass is 432 g/mol. The number of methoxy groups -OCH3 is 1. The van der Waals surface area contributed by atoms with Gasteiger partial charge in [0.25, 0.3) is 0 Å². The van der Waals surface area contributed by atoms with Crippen molar-refractivity contribution in [3.63, 3.8) is 0 Å². The molecule has 0 aliphatic carbocycles. The van der Waals surface area contributed by atoms with E-state index in [-0.39, 0.29) is 0 Å². The van der Waals surface area contributed by atoms with Crippen molar-refractivity contribution in [3.8, 4) is 22.9 Å². The van der Waals surface area contributed by atoms with Crippen LogP contribution in [0.25, 0.3) is 11.4 Å². The molecule has 3 aromatic rings. The number of ether oxygens (including phenoxy) is 2. The van der Waals surface area contributed by atoms with Crippen LogP contribution in [0.2, 0.25) is 0 Å². The highest BCUT2D eigenvalue weighted by atomic mass is 79.9. The summed E-state index contributed by atoms with van der Waals surface area (Å²) in [6.07, 6.45) is 1.70.